The van der Waals surface area contributed by atoms with Crippen molar-refractivity contribution in [1.29, 1.82) is 0 Å². The van der Waals surface area contributed by atoms with E-state index in [0.29, 0.717) is 6.54 Å². The molecule has 1 amide bonds. The number of esters is 1. The SMILES string of the molecule is CCOC(=O)C(=O)NC(C)CN(C)C. The van der Waals surface area contributed by atoms with E-state index in [1.165, 1.54) is 0 Å². The summed E-state index contributed by atoms with van der Waals surface area (Å²) in [5, 5.41) is 2.54. The van der Waals surface area contributed by atoms with E-state index < -0.39 is 11.9 Å². The maximum Gasteiger partial charge on any atom is 0.396 e. The predicted octanol–water partition coefficient (Wildman–Crippen LogP) is -0.384. The topological polar surface area (TPSA) is 58.6 Å². The Morgan fingerprint density at radius 1 is 1.43 bits per heavy atom. The minimum absolute atomic E-state index is 0.0677. The van der Waals surface area contributed by atoms with Gasteiger partial charge in [-0.25, -0.2) is 4.79 Å². The van der Waals surface area contributed by atoms with Gasteiger partial charge in [-0.3, -0.25) is 4.79 Å². The molecule has 0 aromatic heterocycles. The zero-order chi connectivity index (χ0) is 11.1. The fraction of sp³-hybridized carbons (Fsp3) is 0.778. The third-order valence-electron chi connectivity index (χ3n) is 1.48. The summed E-state index contributed by atoms with van der Waals surface area (Å²) in [6.07, 6.45) is 0. The van der Waals surface area contributed by atoms with E-state index >= 15 is 0 Å². The van der Waals surface area contributed by atoms with Crippen molar-refractivity contribution in [2.45, 2.75) is 19.9 Å². The number of carbonyl (C=O) groups excluding carboxylic acids is 2. The van der Waals surface area contributed by atoms with E-state index in [1.807, 2.05) is 25.9 Å². The lowest BCUT2D eigenvalue weighted by Gasteiger charge is -2.17. The van der Waals surface area contributed by atoms with Gasteiger partial charge < -0.3 is 15.0 Å². The van der Waals surface area contributed by atoms with Gasteiger partial charge in [0.2, 0.25) is 0 Å². The van der Waals surface area contributed by atoms with Crippen molar-refractivity contribution in [1.82, 2.24) is 10.2 Å². The third-order valence-corrected chi connectivity index (χ3v) is 1.48. The molecule has 0 fully saturated rings. The molecule has 0 heterocycles. The second-order valence-corrected chi connectivity index (χ2v) is 3.36. The smallest absolute Gasteiger partial charge is 0.396 e. The van der Waals surface area contributed by atoms with Gasteiger partial charge in [-0.2, -0.15) is 0 Å². The molecule has 0 radical (unpaired) electrons. The molecule has 14 heavy (non-hydrogen) atoms. The van der Waals surface area contributed by atoms with Crippen LogP contribution in [0.4, 0.5) is 0 Å². The van der Waals surface area contributed by atoms with Crippen LogP contribution in [-0.4, -0.2) is 50.1 Å². The number of ether oxygens (including phenoxy) is 1. The standard InChI is InChI=1S/C9H18N2O3/c1-5-14-9(13)8(12)10-7(2)6-11(3)4/h7H,5-6H2,1-4H3,(H,10,12). The molecular formula is C9H18N2O3. The zero-order valence-corrected chi connectivity index (χ0v) is 9.16. The van der Waals surface area contributed by atoms with Crippen molar-refractivity contribution in [3.63, 3.8) is 0 Å². The summed E-state index contributed by atoms with van der Waals surface area (Å²) in [5.74, 6) is -1.50. The molecule has 0 rings (SSSR count). The average molecular weight is 202 g/mol. The number of likely N-dealkylation sites (N-methyl/N-ethyl adjacent to an activating group) is 1. The van der Waals surface area contributed by atoms with Crippen LogP contribution in [-0.2, 0) is 14.3 Å². The monoisotopic (exact) mass is 202 g/mol. The fourth-order valence-corrected chi connectivity index (χ4v) is 1.07. The molecule has 0 saturated carbocycles. The van der Waals surface area contributed by atoms with Gasteiger partial charge in [-0.15, -0.1) is 0 Å². The molecule has 1 N–H and O–H groups in total. The van der Waals surface area contributed by atoms with Crippen molar-refractivity contribution >= 4 is 11.9 Å². The maximum absolute atomic E-state index is 11.1. The Hall–Kier alpha value is -1.10. The van der Waals surface area contributed by atoms with Crippen LogP contribution in [0.15, 0.2) is 0 Å². The molecule has 0 aliphatic rings. The quantitative estimate of drug-likeness (QED) is 0.498. The van der Waals surface area contributed by atoms with Gasteiger partial charge in [0.05, 0.1) is 6.61 Å². The minimum Gasteiger partial charge on any atom is -0.459 e. The normalized spacial score (nSPS) is 12.4. The fourth-order valence-electron chi connectivity index (χ4n) is 1.07. The molecule has 0 bridgehead atoms. The molecule has 82 valence electrons. The summed E-state index contributed by atoms with van der Waals surface area (Å²) in [6.45, 7) is 4.39. The van der Waals surface area contributed by atoms with Crippen molar-refractivity contribution < 1.29 is 14.3 Å². The second kappa shape index (κ2) is 6.37. The van der Waals surface area contributed by atoms with E-state index in [2.05, 4.69) is 10.1 Å². The lowest BCUT2D eigenvalue weighted by molar-refractivity contribution is -0.154. The summed E-state index contributed by atoms with van der Waals surface area (Å²) in [6, 6.07) is -0.0677. The Balaban J connectivity index is 3.87. The number of amides is 1. The third kappa shape index (κ3) is 5.53. The highest BCUT2D eigenvalue weighted by Gasteiger charge is 2.16. The lowest BCUT2D eigenvalue weighted by atomic mass is 10.3. The van der Waals surface area contributed by atoms with Gasteiger partial charge in [0, 0.05) is 12.6 Å². The lowest BCUT2D eigenvalue weighted by Crippen LogP contribution is -2.43. The summed E-state index contributed by atoms with van der Waals surface area (Å²) < 4.78 is 4.54. The van der Waals surface area contributed by atoms with E-state index in [1.54, 1.807) is 6.92 Å². The molecule has 0 aliphatic heterocycles. The summed E-state index contributed by atoms with van der Waals surface area (Å²) >= 11 is 0. The van der Waals surface area contributed by atoms with Gasteiger partial charge in [0.25, 0.3) is 0 Å². The van der Waals surface area contributed by atoms with Crippen LogP contribution in [0.3, 0.4) is 0 Å². The summed E-state index contributed by atoms with van der Waals surface area (Å²) in [7, 11) is 3.79. The molecule has 0 spiro atoms. The van der Waals surface area contributed by atoms with Crippen LogP contribution >= 0.6 is 0 Å². The molecular weight excluding hydrogens is 184 g/mol. The van der Waals surface area contributed by atoms with E-state index in [9.17, 15) is 9.59 Å². The first kappa shape index (κ1) is 12.9. The molecule has 5 nitrogen and oxygen atoms in total. The predicted molar refractivity (Wildman–Crippen MR) is 52.8 cm³/mol. The Morgan fingerprint density at radius 2 is 2.00 bits per heavy atom. The Labute approximate surface area is 84.4 Å². The largest absolute Gasteiger partial charge is 0.459 e. The van der Waals surface area contributed by atoms with Crippen molar-refractivity contribution in [2.75, 3.05) is 27.2 Å². The first-order valence-corrected chi connectivity index (χ1v) is 4.59. The number of rotatable bonds is 4. The Morgan fingerprint density at radius 3 is 2.43 bits per heavy atom. The number of nitrogens with one attached hydrogen (secondary N) is 1. The maximum atomic E-state index is 11.1. The highest BCUT2D eigenvalue weighted by atomic mass is 16.5. The zero-order valence-electron chi connectivity index (χ0n) is 9.16. The second-order valence-electron chi connectivity index (χ2n) is 3.36. The van der Waals surface area contributed by atoms with Gasteiger partial charge in [-0.1, -0.05) is 0 Å². The van der Waals surface area contributed by atoms with Gasteiger partial charge in [0.15, 0.2) is 0 Å². The van der Waals surface area contributed by atoms with E-state index in [4.69, 9.17) is 0 Å². The van der Waals surface area contributed by atoms with Crippen molar-refractivity contribution in [3.05, 3.63) is 0 Å². The molecule has 0 aliphatic carbocycles. The van der Waals surface area contributed by atoms with Crippen molar-refractivity contribution in [3.8, 4) is 0 Å². The van der Waals surface area contributed by atoms with Crippen LogP contribution in [0.2, 0.25) is 0 Å². The molecule has 1 unspecified atom stereocenters. The molecule has 0 aromatic carbocycles. The van der Waals surface area contributed by atoms with Crippen LogP contribution in [0.25, 0.3) is 0 Å². The van der Waals surface area contributed by atoms with Gasteiger partial charge in [0.1, 0.15) is 0 Å². The Bertz CT molecular complexity index is 204. The molecule has 1 atom stereocenters. The number of carbonyl (C=O) groups is 2. The highest BCUT2D eigenvalue weighted by molar-refractivity contribution is 6.32. The Kier molecular flexibility index (Phi) is 5.87. The minimum atomic E-state index is -0.821. The number of nitrogens with zero attached hydrogens (tertiary/aromatic N) is 1. The molecule has 5 heteroatoms. The first-order chi connectivity index (χ1) is 6.47. The highest BCUT2D eigenvalue weighted by Crippen LogP contribution is 1.86. The molecule has 0 aromatic rings. The van der Waals surface area contributed by atoms with Gasteiger partial charge >= 0.3 is 11.9 Å². The average Bonchev–Trinajstić information content (AvgIpc) is 2.02. The summed E-state index contributed by atoms with van der Waals surface area (Å²) in [5.41, 5.74) is 0. The summed E-state index contributed by atoms with van der Waals surface area (Å²) in [4.78, 5) is 24.0. The van der Waals surface area contributed by atoms with Crippen molar-refractivity contribution in [2.24, 2.45) is 0 Å². The van der Waals surface area contributed by atoms with Crippen LogP contribution < -0.4 is 5.32 Å². The number of hydrogen-bond acceptors (Lipinski definition) is 4. The molecule has 0 saturated heterocycles. The van der Waals surface area contributed by atoms with Crippen LogP contribution in [0.1, 0.15) is 13.8 Å². The first-order valence-electron chi connectivity index (χ1n) is 4.59. The van der Waals surface area contributed by atoms with E-state index in [0.717, 1.165) is 0 Å². The van der Waals surface area contributed by atoms with Crippen LogP contribution in [0.5, 0.6) is 0 Å². The van der Waals surface area contributed by atoms with Crippen LogP contribution in [0, 0.1) is 0 Å². The van der Waals surface area contributed by atoms with Gasteiger partial charge in [-0.05, 0) is 27.9 Å². The number of hydrogen-bond donors (Lipinski definition) is 1. The van der Waals surface area contributed by atoms with E-state index in [-0.39, 0.29) is 12.6 Å².